The highest BCUT2D eigenvalue weighted by Gasteiger charge is 2.12. The van der Waals surface area contributed by atoms with Crippen molar-refractivity contribution < 1.29 is 9.18 Å². The van der Waals surface area contributed by atoms with E-state index in [0.29, 0.717) is 10.0 Å². The number of amides is 1. The van der Waals surface area contributed by atoms with Gasteiger partial charge in [-0.3, -0.25) is 4.79 Å². The van der Waals surface area contributed by atoms with E-state index in [2.05, 4.69) is 21.2 Å². The first-order valence-corrected chi connectivity index (χ1v) is 6.75. The Kier molecular flexibility index (Phi) is 4.32. The molecule has 2 nitrogen and oxygen atoms in total. The molecule has 4 heteroatoms. The molecule has 0 saturated carbocycles. The monoisotopic (exact) mass is 321 g/mol. The Hall–Kier alpha value is -1.68. The van der Waals surface area contributed by atoms with Gasteiger partial charge in [-0.15, -0.1) is 0 Å². The summed E-state index contributed by atoms with van der Waals surface area (Å²) in [6, 6.07) is 11.6. The van der Waals surface area contributed by atoms with E-state index in [1.807, 2.05) is 31.2 Å². The van der Waals surface area contributed by atoms with Crippen LogP contribution in [0, 0.1) is 5.82 Å². The SMILES string of the molecule is CCc1ccccc1NC(=O)c1ccc(F)cc1Br. The van der Waals surface area contributed by atoms with Gasteiger partial charge in [-0.1, -0.05) is 25.1 Å². The summed E-state index contributed by atoms with van der Waals surface area (Å²) in [5, 5.41) is 2.85. The topological polar surface area (TPSA) is 29.1 Å². The predicted molar refractivity (Wildman–Crippen MR) is 77.9 cm³/mol. The van der Waals surface area contributed by atoms with Crippen LogP contribution in [0.3, 0.4) is 0 Å². The molecule has 0 heterocycles. The van der Waals surface area contributed by atoms with Crippen LogP contribution < -0.4 is 5.32 Å². The Morgan fingerprint density at radius 1 is 1.26 bits per heavy atom. The Morgan fingerprint density at radius 2 is 2.00 bits per heavy atom. The number of hydrogen-bond acceptors (Lipinski definition) is 1. The van der Waals surface area contributed by atoms with Gasteiger partial charge in [-0.25, -0.2) is 4.39 Å². The molecule has 0 bridgehead atoms. The Balaban J connectivity index is 2.26. The zero-order valence-corrected chi connectivity index (χ0v) is 12.0. The third kappa shape index (κ3) is 3.20. The molecule has 1 amide bonds. The average Bonchev–Trinajstić information content (AvgIpc) is 2.39. The molecule has 0 fully saturated rings. The van der Waals surface area contributed by atoms with Gasteiger partial charge >= 0.3 is 0 Å². The molecule has 2 rings (SSSR count). The highest BCUT2D eigenvalue weighted by molar-refractivity contribution is 9.10. The van der Waals surface area contributed by atoms with E-state index in [1.165, 1.54) is 18.2 Å². The summed E-state index contributed by atoms with van der Waals surface area (Å²) in [6.07, 6.45) is 0.834. The summed E-state index contributed by atoms with van der Waals surface area (Å²) in [6.45, 7) is 2.03. The van der Waals surface area contributed by atoms with Gasteiger partial charge in [0.15, 0.2) is 0 Å². The van der Waals surface area contributed by atoms with E-state index in [1.54, 1.807) is 0 Å². The smallest absolute Gasteiger partial charge is 0.256 e. The van der Waals surface area contributed by atoms with E-state index >= 15 is 0 Å². The van der Waals surface area contributed by atoms with Crippen LogP contribution in [0.15, 0.2) is 46.9 Å². The quantitative estimate of drug-likeness (QED) is 0.891. The molecule has 0 aliphatic heterocycles. The second kappa shape index (κ2) is 5.97. The molecule has 0 radical (unpaired) electrons. The number of carbonyl (C=O) groups excluding carboxylic acids is 1. The molecule has 0 unspecified atom stereocenters. The number of carbonyl (C=O) groups is 1. The number of rotatable bonds is 3. The molecule has 0 aliphatic carbocycles. The van der Waals surface area contributed by atoms with Crippen LogP contribution in [0.1, 0.15) is 22.8 Å². The molecule has 0 atom stereocenters. The standard InChI is InChI=1S/C15H13BrFNO/c1-2-10-5-3-4-6-14(10)18-15(19)12-8-7-11(17)9-13(12)16/h3-9H,2H2,1H3,(H,18,19). The van der Waals surface area contributed by atoms with Crippen LogP contribution in [0.5, 0.6) is 0 Å². The number of hydrogen-bond donors (Lipinski definition) is 1. The van der Waals surface area contributed by atoms with Crippen molar-refractivity contribution in [2.24, 2.45) is 0 Å². The van der Waals surface area contributed by atoms with Crippen LogP contribution in [0.25, 0.3) is 0 Å². The fourth-order valence-electron chi connectivity index (χ4n) is 1.81. The number of anilines is 1. The minimum atomic E-state index is -0.377. The van der Waals surface area contributed by atoms with Gasteiger partial charge in [0.2, 0.25) is 0 Å². The van der Waals surface area contributed by atoms with Crippen molar-refractivity contribution in [1.82, 2.24) is 0 Å². The molecule has 0 saturated heterocycles. The van der Waals surface area contributed by atoms with Crippen molar-refractivity contribution in [3.8, 4) is 0 Å². The molecule has 2 aromatic carbocycles. The Morgan fingerprint density at radius 3 is 2.68 bits per heavy atom. The highest BCUT2D eigenvalue weighted by Crippen LogP contribution is 2.21. The second-order valence-corrected chi connectivity index (χ2v) is 4.94. The Labute approximate surface area is 119 Å². The number of aryl methyl sites for hydroxylation is 1. The van der Waals surface area contributed by atoms with Crippen LogP contribution in [0.2, 0.25) is 0 Å². The number of halogens is 2. The fourth-order valence-corrected chi connectivity index (χ4v) is 2.34. The highest BCUT2D eigenvalue weighted by atomic mass is 79.9. The van der Waals surface area contributed by atoms with Crippen molar-refractivity contribution in [2.45, 2.75) is 13.3 Å². The van der Waals surface area contributed by atoms with Gasteiger partial charge < -0.3 is 5.32 Å². The van der Waals surface area contributed by atoms with Gasteiger partial charge in [-0.05, 0) is 52.2 Å². The molecule has 0 aromatic heterocycles. The molecule has 1 N–H and O–H groups in total. The summed E-state index contributed by atoms with van der Waals surface area (Å²) >= 11 is 3.20. The molecular weight excluding hydrogens is 309 g/mol. The van der Waals surface area contributed by atoms with Crippen LogP contribution in [0.4, 0.5) is 10.1 Å². The summed E-state index contributed by atoms with van der Waals surface area (Å²) in [5.41, 5.74) is 2.26. The normalized spacial score (nSPS) is 10.3. The van der Waals surface area contributed by atoms with Gasteiger partial charge in [0, 0.05) is 10.2 Å². The summed E-state index contributed by atoms with van der Waals surface area (Å²) in [5.74, 6) is -0.634. The fraction of sp³-hybridized carbons (Fsp3) is 0.133. The molecule has 2 aromatic rings. The van der Waals surface area contributed by atoms with Gasteiger partial charge in [0.25, 0.3) is 5.91 Å². The first kappa shape index (κ1) is 13.7. The zero-order chi connectivity index (χ0) is 13.8. The third-order valence-corrected chi connectivity index (χ3v) is 3.48. The van der Waals surface area contributed by atoms with Crippen molar-refractivity contribution in [2.75, 3.05) is 5.32 Å². The molecule has 0 spiro atoms. The number of benzene rings is 2. The Bertz CT molecular complexity index is 613. The van der Waals surface area contributed by atoms with E-state index < -0.39 is 0 Å². The molecule has 98 valence electrons. The van der Waals surface area contributed by atoms with Gasteiger partial charge in [0.1, 0.15) is 5.82 Å². The van der Waals surface area contributed by atoms with Crippen molar-refractivity contribution in [3.63, 3.8) is 0 Å². The lowest BCUT2D eigenvalue weighted by atomic mass is 10.1. The number of para-hydroxylation sites is 1. The van der Waals surface area contributed by atoms with E-state index in [4.69, 9.17) is 0 Å². The summed E-state index contributed by atoms with van der Waals surface area (Å²) in [7, 11) is 0. The maximum absolute atomic E-state index is 13.0. The van der Waals surface area contributed by atoms with Crippen LogP contribution in [-0.2, 0) is 6.42 Å². The predicted octanol–water partition coefficient (Wildman–Crippen LogP) is 4.40. The molecule has 19 heavy (non-hydrogen) atoms. The first-order chi connectivity index (χ1) is 9.11. The maximum atomic E-state index is 13.0. The largest absolute Gasteiger partial charge is 0.322 e. The van der Waals surface area contributed by atoms with Crippen LogP contribution in [-0.4, -0.2) is 5.91 Å². The lowest BCUT2D eigenvalue weighted by Gasteiger charge is -2.10. The maximum Gasteiger partial charge on any atom is 0.256 e. The lowest BCUT2D eigenvalue weighted by molar-refractivity contribution is 0.102. The summed E-state index contributed by atoms with van der Waals surface area (Å²) < 4.78 is 13.4. The van der Waals surface area contributed by atoms with Crippen molar-refractivity contribution in [1.29, 1.82) is 0 Å². The summed E-state index contributed by atoms with van der Waals surface area (Å²) in [4.78, 5) is 12.2. The molecular formula is C15H13BrFNO. The van der Waals surface area contributed by atoms with E-state index in [9.17, 15) is 9.18 Å². The lowest BCUT2D eigenvalue weighted by Crippen LogP contribution is -2.13. The van der Waals surface area contributed by atoms with Crippen LogP contribution >= 0.6 is 15.9 Å². The number of nitrogens with one attached hydrogen (secondary N) is 1. The van der Waals surface area contributed by atoms with E-state index in [-0.39, 0.29) is 11.7 Å². The van der Waals surface area contributed by atoms with E-state index in [0.717, 1.165) is 17.7 Å². The van der Waals surface area contributed by atoms with Gasteiger partial charge in [0.05, 0.1) is 5.56 Å². The average molecular weight is 322 g/mol. The third-order valence-electron chi connectivity index (χ3n) is 2.82. The minimum absolute atomic E-state index is 0.257. The van der Waals surface area contributed by atoms with Crippen molar-refractivity contribution in [3.05, 3.63) is 63.9 Å². The van der Waals surface area contributed by atoms with Gasteiger partial charge in [-0.2, -0.15) is 0 Å². The molecule has 0 aliphatic rings. The van der Waals surface area contributed by atoms with Crippen molar-refractivity contribution >= 4 is 27.5 Å². The minimum Gasteiger partial charge on any atom is -0.322 e. The zero-order valence-electron chi connectivity index (χ0n) is 10.4. The second-order valence-electron chi connectivity index (χ2n) is 4.09. The first-order valence-electron chi connectivity index (χ1n) is 5.96.